The van der Waals surface area contributed by atoms with E-state index in [1.54, 1.807) is 42.5 Å². The standard InChI is InChI=1S/C32H31F6N3O5/c1-20-15-22(30(44,31(33,34)35)32(36,37)38)7-10-27(20)41-28(16-21-5-3-2-4-6-21)39-26-9-8-24(17-25(26)29(41)43)46-19-23(42)18-40-11-13-45-14-12-40/h2-10,15,17,23,42,44H,11-14,16,18-19H2,1H3. The van der Waals surface area contributed by atoms with E-state index in [2.05, 4.69) is 4.98 Å². The minimum atomic E-state index is -6.06. The van der Waals surface area contributed by atoms with Crippen molar-refractivity contribution < 1.29 is 46.0 Å². The maximum atomic E-state index is 14.0. The van der Waals surface area contributed by atoms with Gasteiger partial charge in [0.2, 0.25) is 0 Å². The molecule has 2 heterocycles. The second kappa shape index (κ2) is 13.0. The fourth-order valence-corrected chi connectivity index (χ4v) is 5.39. The first-order valence-electron chi connectivity index (χ1n) is 14.4. The van der Waals surface area contributed by atoms with Crippen molar-refractivity contribution in [3.8, 4) is 11.4 Å². The highest BCUT2D eigenvalue weighted by atomic mass is 19.4. The van der Waals surface area contributed by atoms with Crippen LogP contribution in [-0.2, 0) is 16.8 Å². The Bertz CT molecular complexity index is 1720. The van der Waals surface area contributed by atoms with Crippen molar-refractivity contribution in [1.82, 2.24) is 14.5 Å². The van der Waals surface area contributed by atoms with Gasteiger partial charge in [0.05, 0.1) is 29.8 Å². The molecule has 1 unspecified atom stereocenters. The van der Waals surface area contributed by atoms with E-state index in [9.17, 15) is 41.4 Å². The minimum absolute atomic E-state index is 0.0203. The minimum Gasteiger partial charge on any atom is -0.491 e. The van der Waals surface area contributed by atoms with Crippen molar-refractivity contribution in [2.24, 2.45) is 0 Å². The van der Waals surface area contributed by atoms with Crippen LogP contribution >= 0.6 is 0 Å². The maximum absolute atomic E-state index is 14.0. The van der Waals surface area contributed by atoms with Gasteiger partial charge < -0.3 is 19.7 Å². The Morgan fingerprint density at radius 2 is 1.63 bits per heavy atom. The summed E-state index contributed by atoms with van der Waals surface area (Å²) >= 11 is 0. The lowest BCUT2D eigenvalue weighted by Gasteiger charge is -2.33. The third-order valence-corrected chi connectivity index (χ3v) is 7.81. The fourth-order valence-electron chi connectivity index (χ4n) is 5.39. The number of benzene rings is 3. The quantitative estimate of drug-likeness (QED) is 0.254. The largest absolute Gasteiger partial charge is 0.491 e. The molecule has 0 aliphatic carbocycles. The Hall–Kier alpha value is -3.98. The van der Waals surface area contributed by atoms with Crippen LogP contribution in [-0.4, -0.2) is 82.6 Å². The summed E-state index contributed by atoms with van der Waals surface area (Å²) in [6, 6.07) is 15.4. The van der Waals surface area contributed by atoms with Crippen LogP contribution in [0.2, 0.25) is 0 Å². The van der Waals surface area contributed by atoms with Gasteiger partial charge in [-0.05, 0) is 42.3 Å². The number of aromatic nitrogens is 2. The molecule has 0 radical (unpaired) electrons. The lowest BCUT2D eigenvalue weighted by molar-refractivity contribution is -0.376. The van der Waals surface area contributed by atoms with Crippen molar-refractivity contribution in [3.63, 3.8) is 0 Å². The smallest absolute Gasteiger partial charge is 0.430 e. The number of fused-ring (bicyclic) bond motifs is 1. The molecule has 246 valence electrons. The maximum Gasteiger partial charge on any atom is 0.430 e. The van der Waals surface area contributed by atoms with Gasteiger partial charge >= 0.3 is 12.4 Å². The molecule has 5 rings (SSSR count). The van der Waals surface area contributed by atoms with E-state index in [0.29, 0.717) is 45.0 Å². The second-order valence-electron chi connectivity index (χ2n) is 11.1. The Kier molecular flexibility index (Phi) is 9.45. The van der Waals surface area contributed by atoms with E-state index in [4.69, 9.17) is 9.47 Å². The summed E-state index contributed by atoms with van der Waals surface area (Å²) in [5.74, 6) is 0.429. The molecule has 46 heavy (non-hydrogen) atoms. The molecule has 1 atom stereocenters. The summed E-state index contributed by atoms with van der Waals surface area (Å²) in [4.78, 5) is 20.7. The van der Waals surface area contributed by atoms with E-state index in [1.807, 2.05) is 4.90 Å². The number of morpholine rings is 1. The van der Waals surface area contributed by atoms with Crippen LogP contribution in [0.15, 0.2) is 71.5 Å². The SMILES string of the molecule is Cc1cc(C(O)(C(F)(F)F)C(F)(F)F)ccc1-n1c(Cc2ccccc2)nc2ccc(OCC(O)CN3CCOCC3)cc2c1=O. The molecule has 4 aromatic rings. The van der Waals surface area contributed by atoms with Gasteiger partial charge in [-0.2, -0.15) is 26.3 Å². The van der Waals surface area contributed by atoms with Crippen molar-refractivity contribution >= 4 is 10.9 Å². The Morgan fingerprint density at radius 1 is 0.957 bits per heavy atom. The van der Waals surface area contributed by atoms with Crippen LogP contribution in [0.5, 0.6) is 5.75 Å². The molecule has 8 nitrogen and oxygen atoms in total. The molecule has 0 bridgehead atoms. The molecule has 0 spiro atoms. The average Bonchev–Trinajstić information content (AvgIpc) is 3.00. The first-order chi connectivity index (χ1) is 21.7. The van der Waals surface area contributed by atoms with Gasteiger partial charge in [0.15, 0.2) is 0 Å². The molecule has 2 N–H and O–H groups in total. The van der Waals surface area contributed by atoms with Crippen molar-refractivity contribution in [2.75, 3.05) is 39.5 Å². The highest BCUT2D eigenvalue weighted by molar-refractivity contribution is 5.80. The number of β-amino-alcohol motifs (C(OH)–C–C–N with tert-alkyl or cyclic N) is 1. The number of aliphatic hydroxyl groups is 2. The highest BCUT2D eigenvalue weighted by Gasteiger charge is 2.71. The molecule has 1 aliphatic heterocycles. The Labute approximate surface area is 259 Å². The summed E-state index contributed by atoms with van der Waals surface area (Å²) < 4.78 is 93.7. The molecule has 1 saturated heterocycles. The first-order valence-corrected chi connectivity index (χ1v) is 14.4. The molecule has 1 aliphatic rings. The van der Waals surface area contributed by atoms with Crippen LogP contribution in [0.3, 0.4) is 0 Å². The van der Waals surface area contributed by atoms with Gasteiger partial charge in [0.25, 0.3) is 11.2 Å². The van der Waals surface area contributed by atoms with E-state index >= 15 is 0 Å². The van der Waals surface area contributed by atoms with Gasteiger partial charge in [0.1, 0.15) is 24.3 Å². The van der Waals surface area contributed by atoms with Crippen molar-refractivity contribution in [3.05, 3.63) is 99.6 Å². The van der Waals surface area contributed by atoms with Gasteiger partial charge in [-0.3, -0.25) is 14.3 Å². The lowest BCUT2D eigenvalue weighted by atomic mass is 9.90. The second-order valence-corrected chi connectivity index (χ2v) is 11.1. The molecular formula is C32H31F6N3O5. The summed E-state index contributed by atoms with van der Waals surface area (Å²) in [7, 11) is 0. The van der Waals surface area contributed by atoms with Crippen LogP contribution in [0.1, 0.15) is 22.5 Å². The number of hydrogen-bond donors (Lipinski definition) is 2. The molecule has 0 saturated carbocycles. The number of halogens is 6. The van der Waals surface area contributed by atoms with E-state index < -0.39 is 35.2 Å². The zero-order valence-electron chi connectivity index (χ0n) is 24.6. The van der Waals surface area contributed by atoms with Gasteiger partial charge in [0, 0.05) is 31.6 Å². The number of alkyl halides is 6. The zero-order valence-corrected chi connectivity index (χ0v) is 24.6. The van der Waals surface area contributed by atoms with Crippen molar-refractivity contribution in [2.45, 2.75) is 37.4 Å². The van der Waals surface area contributed by atoms with E-state index in [1.165, 1.54) is 13.0 Å². The van der Waals surface area contributed by atoms with Crippen LogP contribution < -0.4 is 10.3 Å². The normalized spacial score (nSPS) is 15.7. The third kappa shape index (κ3) is 6.75. The van der Waals surface area contributed by atoms with Crippen molar-refractivity contribution in [1.29, 1.82) is 0 Å². The summed E-state index contributed by atoms with van der Waals surface area (Å²) in [6.45, 7) is 4.02. The summed E-state index contributed by atoms with van der Waals surface area (Å²) in [5, 5.41) is 20.5. The van der Waals surface area contributed by atoms with Crippen LogP contribution in [0.4, 0.5) is 26.3 Å². The Balaban J connectivity index is 1.55. The molecular weight excluding hydrogens is 620 g/mol. The number of rotatable bonds is 9. The monoisotopic (exact) mass is 651 g/mol. The number of aryl methyl sites for hydroxylation is 1. The summed E-state index contributed by atoms with van der Waals surface area (Å²) in [6.07, 6.45) is -12.9. The number of aliphatic hydroxyl groups excluding tert-OH is 1. The fraction of sp³-hybridized carbons (Fsp3) is 0.375. The van der Waals surface area contributed by atoms with E-state index in [0.717, 1.165) is 16.2 Å². The summed E-state index contributed by atoms with van der Waals surface area (Å²) in [5.41, 5.74) is -6.34. The predicted molar refractivity (Wildman–Crippen MR) is 156 cm³/mol. The number of hydrogen-bond acceptors (Lipinski definition) is 7. The third-order valence-electron chi connectivity index (χ3n) is 7.81. The van der Waals surface area contributed by atoms with E-state index in [-0.39, 0.29) is 46.8 Å². The lowest BCUT2D eigenvalue weighted by Crippen LogP contribution is -2.54. The van der Waals surface area contributed by atoms with Gasteiger partial charge in [-0.1, -0.05) is 42.5 Å². The van der Waals surface area contributed by atoms with Gasteiger partial charge in [-0.15, -0.1) is 0 Å². The molecule has 14 heteroatoms. The van der Waals surface area contributed by atoms with Gasteiger partial charge in [-0.25, -0.2) is 4.98 Å². The Morgan fingerprint density at radius 3 is 2.26 bits per heavy atom. The van der Waals surface area contributed by atoms with Crippen LogP contribution in [0.25, 0.3) is 16.6 Å². The number of ether oxygens (including phenoxy) is 2. The highest BCUT2D eigenvalue weighted by Crippen LogP contribution is 2.50. The molecule has 0 amide bonds. The molecule has 1 aromatic heterocycles. The molecule has 1 fully saturated rings. The predicted octanol–water partition coefficient (Wildman–Crippen LogP) is 4.67. The topological polar surface area (TPSA) is 97.1 Å². The molecule has 3 aromatic carbocycles. The first kappa shape index (κ1) is 33.4. The number of nitrogens with zero attached hydrogens (tertiary/aromatic N) is 3. The zero-order chi connectivity index (χ0) is 33.3. The average molecular weight is 652 g/mol. The van der Waals surface area contributed by atoms with Crippen LogP contribution in [0, 0.1) is 6.92 Å².